The van der Waals surface area contributed by atoms with Gasteiger partial charge in [-0.3, -0.25) is 14.9 Å². The molecule has 1 N–H and O–H groups in total. The van der Waals surface area contributed by atoms with Crippen LogP contribution in [0.1, 0.15) is 38.8 Å². The molecule has 0 aliphatic rings. The van der Waals surface area contributed by atoms with Crippen molar-refractivity contribution in [1.82, 2.24) is 15.1 Å². The highest BCUT2D eigenvalue weighted by atomic mass is 16.6. The van der Waals surface area contributed by atoms with E-state index in [4.69, 9.17) is 9.15 Å². The van der Waals surface area contributed by atoms with Gasteiger partial charge in [0.1, 0.15) is 12.4 Å². The number of carbonyl (C=O) groups is 1. The molecule has 0 saturated heterocycles. The Bertz CT molecular complexity index is 1340. The molecular weight excluding hydrogens is 436 g/mol. The number of carbonyl (C=O) groups excluding carboxylic acids is 1. The van der Waals surface area contributed by atoms with Crippen LogP contribution in [0.15, 0.2) is 65.1 Å². The molecule has 2 aromatic heterocycles. The van der Waals surface area contributed by atoms with Crippen LogP contribution in [-0.2, 0) is 13.2 Å². The molecule has 2 heterocycles. The lowest BCUT2D eigenvalue weighted by Gasteiger charge is -2.07. The molecule has 0 aliphatic heterocycles. The molecule has 174 valence electrons. The Morgan fingerprint density at radius 3 is 2.62 bits per heavy atom. The standard InChI is InChI=1S/C25H24N4O5/c1-16-9-11-23(22(13-16)29(31)32)33-15-20-10-12-24(34-20)25(30)26-14-21-17(2)27-28(18(21)3)19-7-5-4-6-8-19/h4-13H,14-15H2,1-3H3,(H,26,30). The van der Waals surface area contributed by atoms with Gasteiger partial charge in [0, 0.05) is 23.9 Å². The first kappa shape index (κ1) is 22.8. The number of nitrogens with one attached hydrogen (secondary N) is 1. The Morgan fingerprint density at radius 1 is 1.12 bits per heavy atom. The van der Waals surface area contributed by atoms with E-state index in [1.54, 1.807) is 31.2 Å². The molecule has 0 saturated carbocycles. The Balaban J connectivity index is 1.39. The van der Waals surface area contributed by atoms with E-state index < -0.39 is 4.92 Å². The Labute approximate surface area is 196 Å². The second-order valence-corrected chi connectivity index (χ2v) is 7.86. The number of para-hydroxylation sites is 1. The molecule has 34 heavy (non-hydrogen) atoms. The number of rotatable bonds is 8. The highest BCUT2D eigenvalue weighted by Crippen LogP contribution is 2.28. The zero-order chi connectivity index (χ0) is 24.2. The number of aryl methyl sites for hydroxylation is 2. The van der Waals surface area contributed by atoms with Crippen LogP contribution in [0.3, 0.4) is 0 Å². The van der Waals surface area contributed by atoms with Crippen LogP contribution in [0.25, 0.3) is 5.69 Å². The first-order valence-electron chi connectivity index (χ1n) is 10.7. The number of hydrogen-bond acceptors (Lipinski definition) is 6. The SMILES string of the molecule is Cc1ccc(OCc2ccc(C(=O)NCc3c(C)nn(-c4ccccc4)c3C)o2)c([N+](=O)[O-])c1. The number of hydrogen-bond donors (Lipinski definition) is 1. The summed E-state index contributed by atoms with van der Waals surface area (Å²) in [7, 11) is 0. The molecule has 4 rings (SSSR count). The highest BCUT2D eigenvalue weighted by Gasteiger charge is 2.18. The van der Waals surface area contributed by atoms with Crippen molar-refractivity contribution < 1.29 is 18.9 Å². The highest BCUT2D eigenvalue weighted by molar-refractivity contribution is 5.91. The van der Waals surface area contributed by atoms with Gasteiger partial charge in [-0.15, -0.1) is 0 Å². The third kappa shape index (κ3) is 4.83. The van der Waals surface area contributed by atoms with Crippen LogP contribution in [0.4, 0.5) is 5.69 Å². The van der Waals surface area contributed by atoms with Gasteiger partial charge in [-0.2, -0.15) is 5.10 Å². The first-order valence-corrected chi connectivity index (χ1v) is 10.7. The summed E-state index contributed by atoms with van der Waals surface area (Å²) >= 11 is 0. The average molecular weight is 460 g/mol. The summed E-state index contributed by atoms with van der Waals surface area (Å²) in [6.45, 7) is 5.89. The van der Waals surface area contributed by atoms with Crippen LogP contribution >= 0.6 is 0 Å². The quantitative estimate of drug-likeness (QED) is 0.298. The van der Waals surface area contributed by atoms with Crippen LogP contribution in [0.2, 0.25) is 0 Å². The van der Waals surface area contributed by atoms with Gasteiger partial charge in [-0.25, -0.2) is 4.68 Å². The molecule has 9 nitrogen and oxygen atoms in total. The molecule has 0 unspecified atom stereocenters. The number of amides is 1. The van der Waals surface area contributed by atoms with Crippen molar-refractivity contribution in [3.05, 3.63) is 105 Å². The summed E-state index contributed by atoms with van der Waals surface area (Å²) in [6.07, 6.45) is 0. The van der Waals surface area contributed by atoms with Gasteiger partial charge < -0.3 is 14.5 Å². The van der Waals surface area contributed by atoms with E-state index in [-0.39, 0.29) is 29.7 Å². The lowest BCUT2D eigenvalue weighted by Crippen LogP contribution is -2.23. The van der Waals surface area contributed by atoms with Crippen LogP contribution < -0.4 is 10.1 Å². The third-order valence-electron chi connectivity index (χ3n) is 5.43. The predicted molar refractivity (Wildman–Crippen MR) is 125 cm³/mol. The summed E-state index contributed by atoms with van der Waals surface area (Å²) < 4.78 is 13.0. The van der Waals surface area contributed by atoms with E-state index in [1.165, 1.54) is 6.07 Å². The van der Waals surface area contributed by atoms with E-state index in [0.29, 0.717) is 12.3 Å². The maximum absolute atomic E-state index is 12.6. The molecule has 0 fully saturated rings. The Hall–Kier alpha value is -4.40. The molecule has 0 aliphatic carbocycles. The summed E-state index contributed by atoms with van der Waals surface area (Å²) in [6, 6.07) is 17.7. The Kier molecular flexibility index (Phi) is 6.44. The first-order chi connectivity index (χ1) is 16.3. The molecule has 0 bridgehead atoms. The smallest absolute Gasteiger partial charge is 0.311 e. The van der Waals surface area contributed by atoms with Crippen LogP contribution in [-0.4, -0.2) is 20.6 Å². The number of aromatic nitrogens is 2. The summed E-state index contributed by atoms with van der Waals surface area (Å²) in [5.74, 6) is 0.269. The maximum Gasteiger partial charge on any atom is 0.311 e. The minimum Gasteiger partial charge on any atom is -0.479 e. The van der Waals surface area contributed by atoms with Crippen molar-refractivity contribution in [2.45, 2.75) is 33.9 Å². The zero-order valence-corrected chi connectivity index (χ0v) is 19.1. The molecular formula is C25H24N4O5. The van der Waals surface area contributed by atoms with Crippen molar-refractivity contribution >= 4 is 11.6 Å². The summed E-state index contributed by atoms with van der Waals surface area (Å²) in [5.41, 5.74) is 4.29. The van der Waals surface area contributed by atoms with E-state index in [0.717, 1.165) is 28.2 Å². The van der Waals surface area contributed by atoms with Gasteiger partial charge >= 0.3 is 5.69 Å². The van der Waals surface area contributed by atoms with Crippen molar-refractivity contribution in [3.8, 4) is 11.4 Å². The minimum absolute atomic E-state index is 0.0424. The monoisotopic (exact) mass is 460 g/mol. The van der Waals surface area contributed by atoms with Gasteiger partial charge in [0.05, 0.1) is 16.3 Å². The fourth-order valence-corrected chi connectivity index (χ4v) is 3.63. The van der Waals surface area contributed by atoms with Crippen molar-refractivity contribution in [2.75, 3.05) is 0 Å². The molecule has 0 radical (unpaired) electrons. The molecule has 0 atom stereocenters. The predicted octanol–water partition coefficient (Wildman–Crippen LogP) is 4.81. The lowest BCUT2D eigenvalue weighted by atomic mass is 10.2. The molecule has 1 amide bonds. The van der Waals surface area contributed by atoms with Gasteiger partial charge in [-0.05, 0) is 56.7 Å². The molecule has 4 aromatic rings. The maximum atomic E-state index is 12.6. The van der Waals surface area contributed by atoms with E-state index in [2.05, 4.69) is 10.4 Å². The summed E-state index contributed by atoms with van der Waals surface area (Å²) in [4.78, 5) is 23.4. The van der Waals surface area contributed by atoms with E-state index >= 15 is 0 Å². The fraction of sp³-hybridized carbons (Fsp3) is 0.200. The Morgan fingerprint density at radius 2 is 1.88 bits per heavy atom. The third-order valence-corrected chi connectivity index (χ3v) is 5.43. The van der Waals surface area contributed by atoms with Gasteiger partial charge in [0.15, 0.2) is 11.5 Å². The van der Waals surface area contributed by atoms with E-state index in [9.17, 15) is 14.9 Å². The van der Waals surface area contributed by atoms with Gasteiger partial charge in [0.25, 0.3) is 5.91 Å². The lowest BCUT2D eigenvalue weighted by molar-refractivity contribution is -0.386. The average Bonchev–Trinajstić information content (AvgIpc) is 3.41. The number of furan rings is 1. The molecule has 9 heteroatoms. The van der Waals surface area contributed by atoms with Crippen molar-refractivity contribution in [1.29, 1.82) is 0 Å². The fourth-order valence-electron chi connectivity index (χ4n) is 3.63. The normalized spacial score (nSPS) is 10.8. The van der Waals surface area contributed by atoms with Crippen LogP contribution in [0, 0.1) is 30.9 Å². The number of nitrogens with zero attached hydrogens (tertiary/aromatic N) is 3. The number of nitro groups is 1. The number of benzene rings is 2. The second kappa shape index (κ2) is 9.62. The van der Waals surface area contributed by atoms with Gasteiger partial charge in [-0.1, -0.05) is 24.3 Å². The van der Waals surface area contributed by atoms with Crippen LogP contribution in [0.5, 0.6) is 5.75 Å². The minimum atomic E-state index is -0.493. The van der Waals surface area contributed by atoms with E-state index in [1.807, 2.05) is 48.9 Å². The largest absolute Gasteiger partial charge is 0.479 e. The summed E-state index contributed by atoms with van der Waals surface area (Å²) in [5, 5.41) is 18.7. The van der Waals surface area contributed by atoms with Crippen molar-refractivity contribution in [2.24, 2.45) is 0 Å². The van der Waals surface area contributed by atoms with Gasteiger partial charge in [0.2, 0.25) is 0 Å². The number of nitro benzene ring substituents is 1. The zero-order valence-electron chi connectivity index (χ0n) is 19.1. The van der Waals surface area contributed by atoms with Crippen molar-refractivity contribution in [3.63, 3.8) is 0 Å². The second-order valence-electron chi connectivity index (χ2n) is 7.86. The molecule has 0 spiro atoms. The molecule has 2 aromatic carbocycles. The number of ether oxygens (including phenoxy) is 1. The topological polar surface area (TPSA) is 112 Å².